The van der Waals surface area contributed by atoms with E-state index in [0.29, 0.717) is 17.9 Å². The lowest BCUT2D eigenvalue weighted by molar-refractivity contribution is -0.0959. The Morgan fingerprint density at radius 2 is 2.38 bits per heavy atom. The summed E-state index contributed by atoms with van der Waals surface area (Å²) in [5.74, 6) is 1.98. The van der Waals surface area contributed by atoms with Crippen molar-refractivity contribution in [2.45, 2.75) is 37.9 Å². The fourth-order valence-electron chi connectivity index (χ4n) is 3.01. The van der Waals surface area contributed by atoms with Crippen LogP contribution in [0.25, 0.3) is 0 Å². The van der Waals surface area contributed by atoms with E-state index in [0.717, 1.165) is 30.8 Å². The minimum atomic E-state index is -0.381. The van der Waals surface area contributed by atoms with Crippen LogP contribution in [-0.4, -0.2) is 35.6 Å². The molecule has 0 aromatic heterocycles. The summed E-state index contributed by atoms with van der Waals surface area (Å²) in [5.41, 5.74) is 0.356. The number of ketones is 1. The largest absolute Gasteiger partial charge is 0.489 e. The second kappa shape index (κ2) is 5.97. The van der Waals surface area contributed by atoms with E-state index < -0.39 is 0 Å². The highest BCUT2D eigenvalue weighted by atomic mass is 32.2. The van der Waals surface area contributed by atoms with Gasteiger partial charge in [0.25, 0.3) is 0 Å². The zero-order valence-electron chi connectivity index (χ0n) is 12.1. The summed E-state index contributed by atoms with van der Waals surface area (Å²) < 4.78 is 25.4. The second-order valence-electron chi connectivity index (χ2n) is 5.76. The quantitative estimate of drug-likeness (QED) is 0.801. The van der Waals surface area contributed by atoms with Crippen molar-refractivity contribution in [3.05, 3.63) is 29.6 Å². The topological polar surface area (TPSA) is 35.5 Å². The van der Waals surface area contributed by atoms with Crippen LogP contribution in [0.5, 0.6) is 5.75 Å². The Hall–Kier alpha value is -1.07. The van der Waals surface area contributed by atoms with Crippen molar-refractivity contribution in [1.29, 1.82) is 0 Å². The molecule has 114 valence electrons. The van der Waals surface area contributed by atoms with Crippen LogP contribution in [0.3, 0.4) is 0 Å². The highest BCUT2D eigenvalue weighted by Crippen LogP contribution is 2.39. The molecule has 2 aliphatic rings. The predicted octanol–water partition coefficient (Wildman–Crippen LogP) is 3.46. The maximum absolute atomic E-state index is 13.4. The van der Waals surface area contributed by atoms with Gasteiger partial charge in [0.1, 0.15) is 17.7 Å². The van der Waals surface area contributed by atoms with E-state index in [4.69, 9.17) is 9.47 Å². The molecule has 3 rings (SSSR count). The summed E-state index contributed by atoms with van der Waals surface area (Å²) in [6.07, 6.45) is 2.62. The van der Waals surface area contributed by atoms with Crippen molar-refractivity contribution in [2.75, 3.05) is 18.1 Å². The average Bonchev–Trinajstić information content (AvgIpc) is 2.86. The Kier molecular flexibility index (Phi) is 4.22. The molecule has 0 saturated carbocycles. The number of rotatable bonds is 3. The molecule has 0 radical (unpaired) electrons. The van der Waals surface area contributed by atoms with Crippen molar-refractivity contribution < 1.29 is 18.7 Å². The molecule has 2 heterocycles. The third-order valence-electron chi connectivity index (χ3n) is 4.13. The molecular formula is C16H19FO3S. The number of carbonyl (C=O) groups excluding carboxylic acids is 1. The van der Waals surface area contributed by atoms with Gasteiger partial charge >= 0.3 is 0 Å². The fourth-order valence-corrected chi connectivity index (χ4v) is 4.39. The first-order chi connectivity index (χ1) is 10.1. The molecule has 1 spiro atoms. The van der Waals surface area contributed by atoms with Crippen molar-refractivity contribution in [3.63, 3.8) is 0 Å². The van der Waals surface area contributed by atoms with E-state index >= 15 is 0 Å². The van der Waals surface area contributed by atoms with E-state index in [1.807, 2.05) is 11.8 Å². The third kappa shape index (κ3) is 3.24. The molecule has 5 heteroatoms. The molecule has 2 aliphatic heterocycles. The molecule has 2 saturated heterocycles. The smallest absolute Gasteiger partial charge is 0.163 e. The zero-order chi connectivity index (χ0) is 14.9. The van der Waals surface area contributed by atoms with Gasteiger partial charge in [-0.3, -0.25) is 4.79 Å². The number of hydrogen-bond donors (Lipinski definition) is 0. The Morgan fingerprint density at radius 3 is 3.10 bits per heavy atom. The number of carbonyl (C=O) groups is 1. The van der Waals surface area contributed by atoms with Crippen molar-refractivity contribution in [2.24, 2.45) is 0 Å². The number of hydrogen-bond acceptors (Lipinski definition) is 4. The zero-order valence-corrected chi connectivity index (χ0v) is 12.9. The molecule has 3 nitrogen and oxygen atoms in total. The molecule has 21 heavy (non-hydrogen) atoms. The lowest BCUT2D eigenvalue weighted by Crippen LogP contribution is -2.44. The van der Waals surface area contributed by atoms with Crippen molar-refractivity contribution in [1.82, 2.24) is 0 Å². The molecule has 2 atom stereocenters. The first-order valence-corrected chi connectivity index (χ1v) is 8.42. The van der Waals surface area contributed by atoms with Crippen LogP contribution in [0.2, 0.25) is 0 Å². The maximum Gasteiger partial charge on any atom is 0.163 e. The molecule has 2 fully saturated rings. The molecular weight excluding hydrogens is 291 g/mol. The van der Waals surface area contributed by atoms with Gasteiger partial charge in [-0.25, -0.2) is 4.39 Å². The van der Waals surface area contributed by atoms with Gasteiger partial charge in [-0.1, -0.05) is 0 Å². The van der Waals surface area contributed by atoms with Gasteiger partial charge in [-0.05, 0) is 31.2 Å². The minimum Gasteiger partial charge on any atom is -0.489 e. The molecule has 0 N–H and O–H groups in total. The van der Waals surface area contributed by atoms with Crippen LogP contribution in [0.15, 0.2) is 18.2 Å². The highest BCUT2D eigenvalue weighted by Gasteiger charge is 2.41. The van der Waals surface area contributed by atoms with Crippen LogP contribution in [0.1, 0.15) is 36.5 Å². The summed E-state index contributed by atoms with van der Waals surface area (Å²) in [6.45, 7) is 2.13. The lowest BCUT2D eigenvalue weighted by atomic mass is 9.91. The SMILES string of the molecule is CC(=O)c1ccc(F)cc1OC1CCOC2(CCSC2)C1. The monoisotopic (exact) mass is 310 g/mol. The Balaban J connectivity index is 1.77. The predicted molar refractivity (Wildman–Crippen MR) is 80.7 cm³/mol. The molecule has 2 unspecified atom stereocenters. The maximum atomic E-state index is 13.4. The van der Waals surface area contributed by atoms with Gasteiger partial charge in [0.05, 0.1) is 17.8 Å². The standard InChI is InChI=1S/C16H19FO3S/c1-11(18)14-3-2-12(17)8-15(14)20-13-4-6-19-16(9-13)5-7-21-10-16/h2-3,8,13H,4-7,9-10H2,1H3. The summed E-state index contributed by atoms with van der Waals surface area (Å²) in [5, 5.41) is 0. The normalized spacial score (nSPS) is 28.8. The minimum absolute atomic E-state index is 0.0163. The van der Waals surface area contributed by atoms with Crippen LogP contribution >= 0.6 is 11.8 Å². The summed E-state index contributed by atoms with van der Waals surface area (Å²) in [4.78, 5) is 11.6. The highest BCUT2D eigenvalue weighted by molar-refractivity contribution is 7.99. The number of ether oxygens (including phenoxy) is 2. The van der Waals surface area contributed by atoms with Gasteiger partial charge in [-0.2, -0.15) is 11.8 Å². The first kappa shape index (κ1) is 14.9. The Morgan fingerprint density at radius 1 is 1.52 bits per heavy atom. The van der Waals surface area contributed by atoms with Gasteiger partial charge in [0, 0.05) is 24.7 Å². The lowest BCUT2D eigenvalue weighted by Gasteiger charge is -2.37. The molecule has 0 aliphatic carbocycles. The van der Waals surface area contributed by atoms with E-state index in [1.165, 1.54) is 25.1 Å². The van der Waals surface area contributed by atoms with E-state index in [9.17, 15) is 9.18 Å². The molecule has 1 aromatic carbocycles. The summed E-state index contributed by atoms with van der Waals surface area (Å²) in [7, 11) is 0. The van der Waals surface area contributed by atoms with E-state index in [1.54, 1.807) is 0 Å². The van der Waals surface area contributed by atoms with E-state index in [-0.39, 0.29) is 23.3 Å². The van der Waals surface area contributed by atoms with Crippen LogP contribution in [0.4, 0.5) is 4.39 Å². The molecule has 0 bridgehead atoms. The molecule has 1 aromatic rings. The number of benzene rings is 1. The average molecular weight is 310 g/mol. The fraction of sp³-hybridized carbons (Fsp3) is 0.562. The van der Waals surface area contributed by atoms with Crippen molar-refractivity contribution in [3.8, 4) is 5.75 Å². The van der Waals surface area contributed by atoms with Gasteiger partial charge in [-0.15, -0.1) is 0 Å². The van der Waals surface area contributed by atoms with Crippen molar-refractivity contribution >= 4 is 17.5 Å². The number of halogens is 1. The third-order valence-corrected chi connectivity index (χ3v) is 5.35. The van der Waals surface area contributed by atoms with Crippen LogP contribution < -0.4 is 4.74 Å². The summed E-state index contributed by atoms with van der Waals surface area (Å²) >= 11 is 1.90. The Labute approximate surface area is 128 Å². The molecule has 0 amide bonds. The van der Waals surface area contributed by atoms with Crippen LogP contribution in [0, 0.1) is 5.82 Å². The first-order valence-electron chi connectivity index (χ1n) is 7.27. The Bertz CT molecular complexity index is 540. The van der Waals surface area contributed by atoms with Gasteiger partial charge in [0.2, 0.25) is 0 Å². The summed E-state index contributed by atoms with van der Waals surface area (Å²) in [6, 6.07) is 4.10. The van der Waals surface area contributed by atoms with Gasteiger partial charge in [0.15, 0.2) is 5.78 Å². The number of thioether (sulfide) groups is 1. The van der Waals surface area contributed by atoms with Crippen LogP contribution in [-0.2, 0) is 4.74 Å². The second-order valence-corrected chi connectivity index (χ2v) is 6.87. The van der Waals surface area contributed by atoms with E-state index in [2.05, 4.69) is 0 Å². The number of Topliss-reactive ketones (excluding diaryl/α,β-unsaturated/α-hetero) is 1. The van der Waals surface area contributed by atoms with Gasteiger partial charge < -0.3 is 9.47 Å².